The van der Waals surface area contributed by atoms with Crippen LogP contribution in [0.1, 0.15) is 37.4 Å². The molecule has 0 aromatic carbocycles. The van der Waals surface area contributed by atoms with E-state index in [0.29, 0.717) is 30.9 Å². The van der Waals surface area contributed by atoms with Gasteiger partial charge in [0.1, 0.15) is 0 Å². The predicted octanol–water partition coefficient (Wildman–Crippen LogP) is 1.36. The molecule has 1 aliphatic rings. The minimum Gasteiger partial charge on any atom is -0.337 e. The molecular weight excluding hydrogens is 320 g/mol. The summed E-state index contributed by atoms with van der Waals surface area (Å²) in [6.07, 6.45) is 10.2. The number of likely N-dealkylation sites (tertiary alicyclic amines) is 1. The lowest BCUT2D eigenvalue weighted by molar-refractivity contribution is -0.135. The number of carbonyl (C=O) groups is 1. The quantitative estimate of drug-likeness (QED) is 0.777. The van der Waals surface area contributed by atoms with Crippen LogP contribution >= 0.6 is 0 Å². The van der Waals surface area contributed by atoms with Gasteiger partial charge in [0.05, 0.1) is 18.1 Å². The number of hydrogen-bond donors (Lipinski definition) is 1. The van der Waals surface area contributed by atoms with Crippen molar-refractivity contribution in [3.63, 3.8) is 0 Å². The van der Waals surface area contributed by atoms with Crippen LogP contribution in [0.25, 0.3) is 5.65 Å². The summed E-state index contributed by atoms with van der Waals surface area (Å²) in [4.78, 5) is 35.5. The summed E-state index contributed by atoms with van der Waals surface area (Å²) in [5.74, 6) is 0.0921. The molecule has 1 amide bonds. The Hall–Kier alpha value is -2.90. The van der Waals surface area contributed by atoms with Gasteiger partial charge in [-0.1, -0.05) is 0 Å². The number of nitrogens with one attached hydrogen (secondary N) is 1. The Balaban J connectivity index is 1.57. The van der Waals surface area contributed by atoms with Gasteiger partial charge < -0.3 is 9.47 Å². The van der Waals surface area contributed by atoms with Crippen molar-refractivity contribution >= 4 is 11.6 Å². The first-order valence-corrected chi connectivity index (χ1v) is 8.55. The number of rotatable bonds is 4. The van der Waals surface area contributed by atoms with E-state index in [0.717, 1.165) is 19.3 Å². The van der Waals surface area contributed by atoms with E-state index in [1.165, 1.54) is 10.6 Å². The van der Waals surface area contributed by atoms with Gasteiger partial charge in [0, 0.05) is 50.2 Å². The molecule has 0 radical (unpaired) electrons. The highest BCUT2D eigenvalue weighted by molar-refractivity contribution is 5.76. The number of amides is 1. The van der Waals surface area contributed by atoms with Crippen molar-refractivity contribution in [3.05, 3.63) is 53.1 Å². The number of piperidine rings is 1. The Morgan fingerprint density at radius 1 is 1.36 bits per heavy atom. The summed E-state index contributed by atoms with van der Waals surface area (Å²) < 4.78 is 3.30. The third-order valence-corrected chi connectivity index (χ3v) is 4.71. The van der Waals surface area contributed by atoms with Crippen molar-refractivity contribution in [1.29, 1.82) is 0 Å². The standard InChI is InChI=1S/C17H20N6O2/c24-16(5-9-21-10-7-18-12-21)22-8-2-1-3-14(22)13-11-17(25)23-15(20-13)4-6-19-23/h4,6-7,10-12,14,19H,1-3,5,8-9H2/t14-/m0/s1. The van der Waals surface area contributed by atoms with Gasteiger partial charge in [-0.05, 0) is 19.3 Å². The monoisotopic (exact) mass is 340 g/mol. The van der Waals surface area contributed by atoms with E-state index in [2.05, 4.69) is 15.1 Å². The molecule has 4 heterocycles. The highest BCUT2D eigenvalue weighted by atomic mass is 16.2. The minimum atomic E-state index is -0.151. The Morgan fingerprint density at radius 3 is 3.12 bits per heavy atom. The lowest BCUT2D eigenvalue weighted by Crippen LogP contribution is -2.39. The molecule has 8 heteroatoms. The van der Waals surface area contributed by atoms with Crippen molar-refractivity contribution in [3.8, 4) is 0 Å². The topological polar surface area (TPSA) is 88.3 Å². The SMILES string of the molecule is O=C(CCn1ccnc1)N1CCCC[C@H]1c1cc(=O)n2[nH]ccc2n1. The van der Waals surface area contributed by atoms with Crippen molar-refractivity contribution in [1.82, 2.24) is 29.0 Å². The van der Waals surface area contributed by atoms with Crippen molar-refractivity contribution in [2.45, 2.75) is 38.3 Å². The number of hydrogen-bond acceptors (Lipinski definition) is 4. The molecule has 1 fully saturated rings. The molecule has 130 valence electrons. The van der Waals surface area contributed by atoms with Gasteiger partial charge in [-0.2, -0.15) is 0 Å². The minimum absolute atomic E-state index is 0.0921. The summed E-state index contributed by atoms with van der Waals surface area (Å²) in [6.45, 7) is 1.32. The van der Waals surface area contributed by atoms with E-state index in [-0.39, 0.29) is 17.5 Å². The van der Waals surface area contributed by atoms with Crippen LogP contribution in [0.3, 0.4) is 0 Å². The van der Waals surface area contributed by atoms with E-state index >= 15 is 0 Å². The van der Waals surface area contributed by atoms with Gasteiger partial charge in [0.15, 0.2) is 5.65 Å². The summed E-state index contributed by atoms with van der Waals surface area (Å²) >= 11 is 0. The molecule has 0 saturated carbocycles. The smallest absolute Gasteiger partial charge is 0.272 e. The molecule has 3 aromatic rings. The van der Waals surface area contributed by atoms with Gasteiger partial charge in [0.2, 0.25) is 5.91 Å². The summed E-state index contributed by atoms with van der Waals surface area (Å²) in [5, 5.41) is 2.84. The molecule has 0 spiro atoms. The molecule has 0 bridgehead atoms. The van der Waals surface area contributed by atoms with Crippen LogP contribution in [-0.2, 0) is 11.3 Å². The molecule has 1 N–H and O–H groups in total. The third kappa shape index (κ3) is 3.07. The average molecular weight is 340 g/mol. The number of H-pyrrole nitrogens is 1. The van der Waals surface area contributed by atoms with Crippen LogP contribution < -0.4 is 5.56 Å². The van der Waals surface area contributed by atoms with E-state index in [1.807, 2.05) is 15.7 Å². The van der Waals surface area contributed by atoms with Crippen LogP contribution in [0, 0.1) is 0 Å². The van der Waals surface area contributed by atoms with E-state index in [4.69, 9.17) is 0 Å². The summed E-state index contributed by atoms with van der Waals surface area (Å²) in [6, 6.07) is 3.17. The maximum atomic E-state index is 12.8. The highest BCUT2D eigenvalue weighted by Gasteiger charge is 2.29. The predicted molar refractivity (Wildman–Crippen MR) is 91.0 cm³/mol. The number of aryl methyl sites for hydroxylation is 1. The van der Waals surface area contributed by atoms with Gasteiger partial charge in [-0.15, -0.1) is 0 Å². The third-order valence-electron chi connectivity index (χ3n) is 4.71. The fourth-order valence-electron chi connectivity index (χ4n) is 3.44. The second-order valence-corrected chi connectivity index (χ2v) is 6.32. The lowest BCUT2D eigenvalue weighted by atomic mass is 9.98. The first-order valence-electron chi connectivity index (χ1n) is 8.55. The van der Waals surface area contributed by atoms with Crippen LogP contribution in [0.4, 0.5) is 0 Å². The molecule has 4 rings (SSSR count). The largest absolute Gasteiger partial charge is 0.337 e. The first kappa shape index (κ1) is 15.6. The van der Waals surface area contributed by atoms with Crippen LogP contribution in [0.5, 0.6) is 0 Å². The first-order chi connectivity index (χ1) is 12.2. The lowest BCUT2D eigenvalue weighted by Gasteiger charge is -2.35. The number of aromatic nitrogens is 5. The van der Waals surface area contributed by atoms with Crippen molar-refractivity contribution in [2.75, 3.05) is 6.54 Å². The fraction of sp³-hybridized carbons (Fsp3) is 0.412. The number of carbonyl (C=O) groups excluding carboxylic acids is 1. The molecule has 0 aliphatic carbocycles. The molecule has 25 heavy (non-hydrogen) atoms. The zero-order valence-electron chi connectivity index (χ0n) is 13.8. The van der Waals surface area contributed by atoms with Crippen LogP contribution in [-0.4, -0.2) is 41.5 Å². The molecule has 1 aliphatic heterocycles. The maximum absolute atomic E-state index is 12.8. The van der Waals surface area contributed by atoms with Crippen LogP contribution in [0.15, 0.2) is 41.8 Å². The Morgan fingerprint density at radius 2 is 2.28 bits per heavy atom. The fourth-order valence-corrected chi connectivity index (χ4v) is 3.44. The molecule has 3 aromatic heterocycles. The Labute approximate surface area is 144 Å². The number of fused-ring (bicyclic) bond motifs is 1. The average Bonchev–Trinajstić information content (AvgIpc) is 3.31. The zero-order chi connectivity index (χ0) is 17.2. The molecule has 1 saturated heterocycles. The van der Waals surface area contributed by atoms with E-state index in [9.17, 15) is 9.59 Å². The molecule has 8 nitrogen and oxygen atoms in total. The second-order valence-electron chi connectivity index (χ2n) is 6.32. The normalized spacial score (nSPS) is 17.9. The Bertz CT molecular complexity index is 926. The van der Waals surface area contributed by atoms with Crippen molar-refractivity contribution in [2.24, 2.45) is 0 Å². The number of nitrogens with zero attached hydrogens (tertiary/aromatic N) is 5. The van der Waals surface area contributed by atoms with Gasteiger partial charge in [-0.3, -0.25) is 14.7 Å². The van der Waals surface area contributed by atoms with Gasteiger partial charge >= 0.3 is 0 Å². The molecule has 0 unspecified atom stereocenters. The van der Waals surface area contributed by atoms with E-state index in [1.54, 1.807) is 24.8 Å². The summed E-state index contributed by atoms with van der Waals surface area (Å²) in [7, 11) is 0. The Kier molecular flexibility index (Phi) is 4.09. The second kappa shape index (κ2) is 6.54. The van der Waals surface area contributed by atoms with Gasteiger partial charge in [-0.25, -0.2) is 14.5 Å². The van der Waals surface area contributed by atoms with Crippen molar-refractivity contribution < 1.29 is 4.79 Å². The molecule has 1 atom stereocenters. The summed E-state index contributed by atoms with van der Waals surface area (Å²) in [5.41, 5.74) is 1.11. The zero-order valence-corrected chi connectivity index (χ0v) is 13.8. The number of imidazole rings is 1. The highest BCUT2D eigenvalue weighted by Crippen LogP contribution is 2.30. The number of aromatic amines is 1. The molecular formula is C17H20N6O2. The van der Waals surface area contributed by atoms with Gasteiger partial charge in [0.25, 0.3) is 5.56 Å². The maximum Gasteiger partial charge on any atom is 0.272 e. The van der Waals surface area contributed by atoms with Crippen LogP contribution in [0.2, 0.25) is 0 Å². The van der Waals surface area contributed by atoms with E-state index < -0.39 is 0 Å².